The molecule has 1 atom stereocenters. The molecular weight excluding hydrogens is 304 g/mol. The van der Waals surface area contributed by atoms with Gasteiger partial charge in [-0.3, -0.25) is 9.59 Å². The average molecular weight is 319 g/mol. The van der Waals surface area contributed by atoms with E-state index in [-0.39, 0.29) is 11.6 Å². The molecule has 0 saturated carbocycles. The molecule has 1 aliphatic heterocycles. The Morgan fingerprint density at radius 3 is 2.95 bits per heavy atom. The third-order valence-electron chi connectivity index (χ3n) is 3.63. The number of ether oxygens (including phenoxy) is 1. The van der Waals surface area contributed by atoms with Crippen molar-refractivity contribution < 1.29 is 9.53 Å². The van der Waals surface area contributed by atoms with Gasteiger partial charge in [0, 0.05) is 17.7 Å². The number of para-hydroxylation sites is 1. The Bertz CT molecular complexity index is 785. The fraction of sp³-hybridized carbons (Fsp3) is 0.250. The van der Waals surface area contributed by atoms with Crippen LogP contribution in [0.5, 0.6) is 5.75 Å². The number of rotatable bonds is 2. The summed E-state index contributed by atoms with van der Waals surface area (Å²) in [6.07, 6.45) is 0.628. The van der Waals surface area contributed by atoms with Crippen LogP contribution in [0.1, 0.15) is 34.1 Å². The van der Waals surface area contributed by atoms with Crippen molar-refractivity contribution in [2.75, 3.05) is 6.61 Å². The SMILES string of the molecule is Cc1ccc(C(=O)N[C@@H]2CCOc3c(Cl)cccc32)c(=O)[nH]1. The van der Waals surface area contributed by atoms with Crippen LogP contribution in [0.15, 0.2) is 35.1 Å². The summed E-state index contributed by atoms with van der Waals surface area (Å²) in [5, 5.41) is 3.40. The number of amides is 1. The lowest BCUT2D eigenvalue weighted by Gasteiger charge is -2.27. The number of hydrogen-bond acceptors (Lipinski definition) is 3. The maximum Gasteiger partial charge on any atom is 0.260 e. The molecule has 1 aromatic heterocycles. The van der Waals surface area contributed by atoms with Crippen molar-refractivity contribution in [3.63, 3.8) is 0 Å². The number of halogens is 1. The number of aryl methyl sites for hydroxylation is 1. The van der Waals surface area contributed by atoms with E-state index >= 15 is 0 Å². The maximum atomic E-state index is 12.3. The number of aromatic nitrogens is 1. The Morgan fingerprint density at radius 1 is 1.36 bits per heavy atom. The van der Waals surface area contributed by atoms with Crippen molar-refractivity contribution >= 4 is 17.5 Å². The molecule has 0 aliphatic carbocycles. The summed E-state index contributed by atoms with van der Waals surface area (Å²) in [5.41, 5.74) is 1.25. The van der Waals surface area contributed by atoms with Gasteiger partial charge < -0.3 is 15.0 Å². The second kappa shape index (κ2) is 5.85. The molecule has 1 amide bonds. The van der Waals surface area contributed by atoms with Crippen LogP contribution in [0.25, 0.3) is 0 Å². The van der Waals surface area contributed by atoms with Crippen molar-refractivity contribution in [2.24, 2.45) is 0 Å². The molecule has 3 rings (SSSR count). The molecule has 2 N–H and O–H groups in total. The van der Waals surface area contributed by atoms with Gasteiger partial charge in [0.05, 0.1) is 17.7 Å². The first-order chi connectivity index (χ1) is 10.6. The normalized spacial score (nSPS) is 16.5. The molecule has 6 heteroatoms. The van der Waals surface area contributed by atoms with Gasteiger partial charge in [0.1, 0.15) is 11.3 Å². The molecule has 22 heavy (non-hydrogen) atoms. The highest BCUT2D eigenvalue weighted by Gasteiger charge is 2.25. The smallest absolute Gasteiger partial charge is 0.260 e. The van der Waals surface area contributed by atoms with E-state index in [1.807, 2.05) is 12.1 Å². The van der Waals surface area contributed by atoms with E-state index in [0.29, 0.717) is 29.5 Å². The largest absolute Gasteiger partial charge is 0.492 e. The number of aromatic amines is 1. The van der Waals surface area contributed by atoms with Gasteiger partial charge in [0.15, 0.2) is 0 Å². The second-order valence-electron chi connectivity index (χ2n) is 5.21. The van der Waals surface area contributed by atoms with Crippen LogP contribution >= 0.6 is 11.6 Å². The minimum Gasteiger partial charge on any atom is -0.492 e. The lowest BCUT2D eigenvalue weighted by atomic mass is 10.00. The Hall–Kier alpha value is -2.27. The number of carbonyl (C=O) groups is 1. The van der Waals surface area contributed by atoms with Crippen LogP contribution in [0.4, 0.5) is 0 Å². The number of pyridine rings is 1. The fourth-order valence-corrected chi connectivity index (χ4v) is 2.76. The van der Waals surface area contributed by atoms with Crippen molar-refractivity contribution in [3.8, 4) is 5.75 Å². The average Bonchev–Trinajstić information content (AvgIpc) is 2.48. The van der Waals surface area contributed by atoms with Crippen LogP contribution in [-0.4, -0.2) is 17.5 Å². The maximum absolute atomic E-state index is 12.3. The Kier molecular flexibility index (Phi) is 3.90. The van der Waals surface area contributed by atoms with Gasteiger partial charge in [-0.15, -0.1) is 0 Å². The Morgan fingerprint density at radius 2 is 2.18 bits per heavy atom. The Balaban J connectivity index is 1.87. The first kappa shape index (κ1) is 14.7. The van der Waals surface area contributed by atoms with Gasteiger partial charge in [0.25, 0.3) is 11.5 Å². The third-order valence-corrected chi connectivity index (χ3v) is 3.93. The highest BCUT2D eigenvalue weighted by atomic mass is 35.5. The fourth-order valence-electron chi connectivity index (χ4n) is 2.52. The van der Waals surface area contributed by atoms with Gasteiger partial charge >= 0.3 is 0 Å². The Labute approximate surface area is 132 Å². The predicted molar refractivity (Wildman–Crippen MR) is 83.6 cm³/mol. The second-order valence-corrected chi connectivity index (χ2v) is 5.61. The highest BCUT2D eigenvalue weighted by molar-refractivity contribution is 6.32. The first-order valence-electron chi connectivity index (χ1n) is 6.98. The van der Waals surface area contributed by atoms with Gasteiger partial charge in [0.2, 0.25) is 0 Å². The zero-order valence-electron chi connectivity index (χ0n) is 12.0. The highest BCUT2D eigenvalue weighted by Crippen LogP contribution is 2.37. The lowest BCUT2D eigenvalue weighted by molar-refractivity contribution is 0.0923. The predicted octanol–water partition coefficient (Wildman–Crippen LogP) is 2.59. The number of H-pyrrole nitrogens is 1. The monoisotopic (exact) mass is 318 g/mol. The number of carbonyl (C=O) groups excluding carboxylic acids is 1. The van der Waals surface area contributed by atoms with Crippen molar-refractivity contribution in [1.29, 1.82) is 0 Å². The molecule has 1 aromatic carbocycles. The summed E-state index contributed by atoms with van der Waals surface area (Å²) in [6, 6.07) is 8.43. The zero-order valence-corrected chi connectivity index (χ0v) is 12.7. The van der Waals surface area contributed by atoms with Crippen molar-refractivity contribution in [2.45, 2.75) is 19.4 Å². The molecular formula is C16H15ClN2O3. The van der Waals surface area contributed by atoms with E-state index in [9.17, 15) is 9.59 Å². The molecule has 0 radical (unpaired) electrons. The standard InChI is InChI=1S/C16H15ClN2O3/c1-9-5-6-11(15(20)18-9)16(21)19-13-7-8-22-14-10(13)3-2-4-12(14)17/h2-6,13H,7-8H2,1H3,(H,18,20)(H,19,21)/t13-/m1/s1. The molecule has 1 aliphatic rings. The van der Waals surface area contributed by atoms with Crippen LogP contribution in [-0.2, 0) is 0 Å². The molecule has 0 spiro atoms. The number of benzene rings is 1. The van der Waals surface area contributed by atoms with Crippen molar-refractivity contribution in [3.05, 3.63) is 62.5 Å². The quantitative estimate of drug-likeness (QED) is 0.894. The van der Waals surface area contributed by atoms with E-state index in [1.54, 1.807) is 19.1 Å². The summed E-state index contributed by atoms with van der Waals surface area (Å²) in [7, 11) is 0. The first-order valence-corrected chi connectivity index (χ1v) is 7.36. The van der Waals surface area contributed by atoms with Gasteiger partial charge in [-0.1, -0.05) is 23.7 Å². The van der Waals surface area contributed by atoms with Crippen molar-refractivity contribution in [1.82, 2.24) is 10.3 Å². The molecule has 2 heterocycles. The van der Waals surface area contributed by atoms with E-state index in [2.05, 4.69) is 10.3 Å². The number of fused-ring (bicyclic) bond motifs is 1. The van der Waals surface area contributed by atoms with Crippen LogP contribution in [0.3, 0.4) is 0 Å². The van der Waals surface area contributed by atoms with Crippen LogP contribution in [0.2, 0.25) is 5.02 Å². The summed E-state index contributed by atoms with van der Waals surface area (Å²) < 4.78 is 5.56. The van der Waals surface area contributed by atoms with Gasteiger partial charge in [-0.25, -0.2) is 0 Å². The molecule has 0 fully saturated rings. The molecule has 0 saturated heterocycles. The topological polar surface area (TPSA) is 71.2 Å². The van der Waals surface area contributed by atoms with Crippen LogP contribution < -0.4 is 15.6 Å². The molecule has 0 unspecified atom stereocenters. The van der Waals surface area contributed by atoms with E-state index in [1.165, 1.54) is 6.07 Å². The van der Waals surface area contributed by atoms with Crippen LogP contribution in [0, 0.1) is 6.92 Å². The van der Waals surface area contributed by atoms with Gasteiger partial charge in [-0.05, 0) is 25.1 Å². The third kappa shape index (κ3) is 2.72. The number of hydrogen-bond donors (Lipinski definition) is 2. The van der Waals surface area contributed by atoms with Gasteiger partial charge in [-0.2, -0.15) is 0 Å². The lowest BCUT2D eigenvalue weighted by Crippen LogP contribution is -2.35. The summed E-state index contributed by atoms with van der Waals surface area (Å²) in [5.74, 6) is 0.192. The molecule has 2 aromatic rings. The summed E-state index contributed by atoms with van der Waals surface area (Å²) in [4.78, 5) is 26.8. The molecule has 5 nitrogen and oxygen atoms in total. The zero-order chi connectivity index (χ0) is 15.7. The molecule has 114 valence electrons. The summed E-state index contributed by atoms with van der Waals surface area (Å²) in [6.45, 7) is 2.23. The minimum atomic E-state index is -0.404. The van der Waals surface area contributed by atoms with E-state index < -0.39 is 11.5 Å². The van der Waals surface area contributed by atoms with E-state index in [0.717, 1.165) is 5.56 Å². The minimum absolute atomic E-state index is 0.0978. The summed E-state index contributed by atoms with van der Waals surface area (Å²) >= 11 is 6.11. The van der Waals surface area contributed by atoms with E-state index in [4.69, 9.17) is 16.3 Å². The molecule has 0 bridgehead atoms. The number of nitrogens with one attached hydrogen (secondary N) is 2.